The van der Waals surface area contributed by atoms with Crippen molar-refractivity contribution >= 4 is 28.2 Å². The second-order valence-corrected chi connectivity index (χ2v) is 6.74. The molecule has 2 aromatic carbocycles. The molecule has 0 atom stereocenters. The van der Waals surface area contributed by atoms with Crippen LogP contribution in [-0.2, 0) is 0 Å². The van der Waals surface area contributed by atoms with Crippen molar-refractivity contribution in [1.29, 1.82) is 0 Å². The molecule has 0 unspecified atom stereocenters. The Bertz CT molecular complexity index is 917. The second-order valence-electron chi connectivity index (χ2n) is 6.34. The number of hydrogen-bond acceptors (Lipinski definition) is 2. The van der Waals surface area contributed by atoms with E-state index in [1.54, 1.807) is 12.1 Å². The largest absolute Gasteiger partial charge is 0.371 e. The smallest absolute Gasteiger partial charge is 0.141 e. The molecular weight excluding hydrogens is 323 g/mol. The highest BCUT2D eigenvalue weighted by Gasteiger charge is 2.16. The number of rotatable bonds is 2. The second kappa shape index (κ2) is 6.06. The van der Waals surface area contributed by atoms with E-state index in [9.17, 15) is 4.39 Å². The van der Waals surface area contributed by atoms with Gasteiger partial charge in [0, 0.05) is 29.9 Å². The van der Waals surface area contributed by atoms with Crippen molar-refractivity contribution in [2.75, 3.05) is 18.0 Å². The molecule has 122 valence electrons. The van der Waals surface area contributed by atoms with Crippen LogP contribution < -0.4 is 4.90 Å². The number of halogens is 2. The Hall–Kier alpha value is -2.13. The lowest BCUT2D eigenvalue weighted by Gasteiger charge is -2.20. The van der Waals surface area contributed by atoms with Gasteiger partial charge in [0.05, 0.1) is 10.5 Å². The molecule has 1 aromatic heterocycles. The highest BCUT2D eigenvalue weighted by Crippen LogP contribution is 2.33. The van der Waals surface area contributed by atoms with Crippen molar-refractivity contribution in [1.82, 2.24) is 4.98 Å². The van der Waals surface area contributed by atoms with Crippen LogP contribution in [0.25, 0.3) is 22.0 Å². The van der Waals surface area contributed by atoms with E-state index >= 15 is 0 Å². The van der Waals surface area contributed by atoms with E-state index in [0.29, 0.717) is 0 Å². The van der Waals surface area contributed by atoms with Gasteiger partial charge in [0.2, 0.25) is 0 Å². The highest BCUT2D eigenvalue weighted by atomic mass is 35.5. The van der Waals surface area contributed by atoms with Crippen molar-refractivity contribution in [3.05, 3.63) is 59.0 Å². The van der Waals surface area contributed by atoms with E-state index in [2.05, 4.69) is 29.2 Å². The summed E-state index contributed by atoms with van der Waals surface area (Å²) in [5.74, 6) is -0.397. The highest BCUT2D eigenvalue weighted by molar-refractivity contribution is 6.31. The quantitative estimate of drug-likeness (QED) is 0.603. The summed E-state index contributed by atoms with van der Waals surface area (Å²) in [6.45, 7) is 4.24. The summed E-state index contributed by atoms with van der Waals surface area (Å²) in [7, 11) is 0. The van der Waals surface area contributed by atoms with Crippen LogP contribution in [0.15, 0.2) is 42.5 Å². The third-order valence-electron chi connectivity index (χ3n) is 4.62. The van der Waals surface area contributed by atoms with Crippen molar-refractivity contribution in [3.63, 3.8) is 0 Å². The molecule has 0 amide bonds. The first-order valence-electron chi connectivity index (χ1n) is 8.23. The Morgan fingerprint density at radius 3 is 2.46 bits per heavy atom. The molecule has 4 heteroatoms. The third kappa shape index (κ3) is 2.73. The first-order valence-corrected chi connectivity index (χ1v) is 8.61. The zero-order valence-corrected chi connectivity index (χ0v) is 14.3. The Morgan fingerprint density at radius 1 is 1.00 bits per heavy atom. The molecule has 0 saturated carbocycles. The van der Waals surface area contributed by atoms with Gasteiger partial charge in [-0.3, -0.25) is 4.98 Å². The molecule has 2 heterocycles. The molecule has 1 aliphatic rings. The number of benzene rings is 2. The van der Waals surface area contributed by atoms with Crippen molar-refractivity contribution in [2.45, 2.75) is 19.8 Å². The number of aryl methyl sites for hydroxylation is 1. The fraction of sp³-hybridized carbons (Fsp3) is 0.250. The normalized spacial score (nSPS) is 14.5. The summed E-state index contributed by atoms with van der Waals surface area (Å²) >= 11 is 5.92. The van der Waals surface area contributed by atoms with Gasteiger partial charge in [0.1, 0.15) is 5.82 Å². The summed E-state index contributed by atoms with van der Waals surface area (Å²) in [4.78, 5) is 7.14. The van der Waals surface area contributed by atoms with E-state index in [4.69, 9.17) is 16.6 Å². The summed E-state index contributed by atoms with van der Waals surface area (Å²) in [5.41, 5.74) is 5.14. The van der Waals surface area contributed by atoms with Gasteiger partial charge in [-0.1, -0.05) is 29.8 Å². The van der Waals surface area contributed by atoms with Crippen LogP contribution in [0.2, 0.25) is 5.02 Å². The van der Waals surface area contributed by atoms with Crippen LogP contribution >= 0.6 is 11.6 Å². The first kappa shape index (κ1) is 15.4. The Morgan fingerprint density at radius 2 is 1.71 bits per heavy atom. The van der Waals surface area contributed by atoms with E-state index in [0.717, 1.165) is 35.4 Å². The third-order valence-corrected chi connectivity index (χ3v) is 4.91. The molecule has 0 N–H and O–H groups in total. The number of hydrogen-bond donors (Lipinski definition) is 0. The standard InChI is InChI=1S/C20H18ClFN2/c1-13-10-20(24-8-2-3-9-24)16-6-4-15(12-19(16)23-13)14-5-7-18(22)17(21)11-14/h4-7,10-12H,2-3,8-9H2,1H3. The van der Waals surface area contributed by atoms with E-state index < -0.39 is 5.82 Å². The molecule has 1 saturated heterocycles. The number of fused-ring (bicyclic) bond motifs is 1. The van der Waals surface area contributed by atoms with E-state index in [1.807, 2.05) is 6.92 Å². The monoisotopic (exact) mass is 340 g/mol. The van der Waals surface area contributed by atoms with Gasteiger partial charge in [-0.25, -0.2) is 4.39 Å². The van der Waals surface area contributed by atoms with Gasteiger partial charge in [-0.05, 0) is 55.2 Å². The Labute approximate surface area is 145 Å². The molecule has 0 aliphatic carbocycles. The van der Waals surface area contributed by atoms with Crippen LogP contribution in [0.5, 0.6) is 0 Å². The molecule has 0 bridgehead atoms. The number of nitrogens with zero attached hydrogens (tertiary/aromatic N) is 2. The molecule has 3 aromatic rings. The number of pyridine rings is 1. The minimum absolute atomic E-state index is 0.141. The molecule has 24 heavy (non-hydrogen) atoms. The van der Waals surface area contributed by atoms with E-state index in [1.165, 1.54) is 30.0 Å². The number of aromatic nitrogens is 1. The molecule has 1 aliphatic heterocycles. The minimum atomic E-state index is -0.397. The summed E-state index contributed by atoms with van der Waals surface area (Å²) in [6.07, 6.45) is 2.49. The molecular formula is C20H18ClFN2. The fourth-order valence-electron chi connectivity index (χ4n) is 3.41. The van der Waals surface area contributed by atoms with Crippen LogP contribution in [0.1, 0.15) is 18.5 Å². The molecule has 2 nitrogen and oxygen atoms in total. The molecule has 0 radical (unpaired) electrons. The zero-order chi connectivity index (χ0) is 16.7. The summed E-state index contributed by atoms with van der Waals surface area (Å²) < 4.78 is 13.4. The van der Waals surface area contributed by atoms with Crippen molar-refractivity contribution in [3.8, 4) is 11.1 Å². The van der Waals surface area contributed by atoms with Gasteiger partial charge in [-0.2, -0.15) is 0 Å². The van der Waals surface area contributed by atoms with Gasteiger partial charge < -0.3 is 4.90 Å². The van der Waals surface area contributed by atoms with Gasteiger partial charge in [0.15, 0.2) is 0 Å². The first-order chi connectivity index (χ1) is 11.6. The van der Waals surface area contributed by atoms with Gasteiger partial charge in [-0.15, -0.1) is 0 Å². The topological polar surface area (TPSA) is 16.1 Å². The van der Waals surface area contributed by atoms with Gasteiger partial charge >= 0.3 is 0 Å². The summed E-state index contributed by atoms with van der Waals surface area (Å²) in [6, 6.07) is 13.2. The van der Waals surface area contributed by atoms with Crippen LogP contribution in [0, 0.1) is 12.7 Å². The van der Waals surface area contributed by atoms with Gasteiger partial charge in [0.25, 0.3) is 0 Å². The molecule has 0 spiro atoms. The minimum Gasteiger partial charge on any atom is -0.371 e. The SMILES string of the molecule is Cc1cc(N2CCCC2)c2ccc(-c3ccc(F)c(Cl)c3)cc2n1. The Balaban J connectivity index is 1.84. The predicted molar refractivity (Wildman–Crippen MR) is 98.3 cm³/mol. The predicted octanol–water partition coefficient (Wildman–Crippen LogP) is 5.60. The van der Waals surface area contributed by atoms with Crippen LogP contribution in [0.4, 0.5) is 10.1 Å². The van der Waals surface area contributed by atoms with E-state index in [-0.39, 0.29) is 5.02 Å². The fourth-order valence-corrected chi connectivity index (χ4v) is 3.59. The maximum atomic E-state index is 13.4. The molecule has 1 fully saturated rings. The lowest BCUT2D eigenvalue weighted by atomic mass is 10.0. The van der Waals surface area contributed by atoms with Crippen LogP contribution in [0.3, 0.4) is 0 Å². The van der Waals surface area contributed by atoms with Crippen LogP contribution in [-0.4, -0.2) is 18.1 Å². The maximum Gasteiger partial charge on any atom is 0.141 e. The maximum absolute atomic E-state index is 13.4. The summed E-state index contributed by atoms with van der Waals surface area (Å²) in [5, 5.41) is 1.31. The Kier molecular flexibility index (Phi) is 3.89. The van der Waals surface area contributed by atoms with Crippen molar-refractivity contribution in [2.24, 2.45) is 0 Å². The zero-order valence-electron chi connectivity index (χ0n) is 13.5. The molecule has 4 rings (SSSR count). The average Bonchev–Trinajstić information content (AvgIpc) is 3.10. The lowest BCUT2D eigenvalue weighted by molar-refractivity contribution is 0.628. The number of anilines is 1. The van der Waals surface area contributed by atoms with Crippen molar-refractivity contribution < 1.29 is 4.39 Å². The lowest BCUT2D eigenvalue weighted by Crippen LogP contribution is -2.18. The average molecular weight is 341 g/mol.